The summed E-state index contributed by atoms with van der Waals surface area (Å²) in [6.07, 6.45) is 0. The van der Waals surface area contributed by atoms with E-state index in [1.807, 2.05) is 19.9 Å². The van der Waals surface area contributed by atoms with Gasteiger partial charge in [-0.2, -0.15) is 0 Å². The van der Waals surface area contributed by atoms with Crippen molar-refractivity contribution in [2.45, 2.75) is 46.0 Å². The molecule has 0 amide bonds. The van der Waals surface area contributed by atoms with Crippen LogP contribution in [0.4, 0.5) is 0 Å². The van der Waals surface area contributed by atoms with E-state index < -0.39 is 5.97 Å². The zero-order valence-corrected chi connectivity index (χ0v) is 10.9. The van der Waals surface area contributed by atoms with Crippen LogP contribution in [0.2, 0.25) is 0 Å². The van der Waals surface area contributed by atoms with Crippen LogP contribution >= 0.6 is 0 Å². The summed E-state index contributed by atoms with van der Waals surface area (Å²) in [5.74, 6) is 0.993. The molecular formula is C13H20O3. The number of carbonyl (C=O) groups is 1. The van der Waals surface area contributed by atoms with Crippen molar-refractivity contribution in [2.24, 2.45) is 0 Å². The van der Waals surface area contributed by atoms with Gasteiger partial charge in [0.25, 0.3) is 0 Å². The molecule has 0 aliphatic carbocycles. The van der Waals surface area contributed by atoms with Gasteiger partial charge in [-0.05, 0) is 12.0 Å². The third kappa shape index (κ3) is 2.46. The average molecular weight is 224 g/mol. The highest BCUT2D eigenvalue weighted by Gasteiger charge is 2.26. The Bertz CT molecular complexity index is 380. The van der Waals surface area contributed by atoms with Crippen molar-refractivity contribution in [3.8, 4) is 0 Å². The van der Waals surface area contributed by atoms with Crippen molar-refractivity contribution in [1.29, 1.82) is 0 Å². The molecule has 0 bridgehead atoms. The van der Waals surface area contributed by atoms with Crippen LogP contribution in [0.25, 0.3) is 0 Å². The van der Waals surface area contributed by atoms with Gasteiger partial charge < -0.3 is 9.15 Å². The number of carbonyl (C=O) groups excluding carboxylic acids is 1. The molecule has 0 aromatic carbocycles. The molecule has 0 N–H and O–H groups in total. The van der Waals surface area contributed by atoms with E-state index in [-0.39, 0.29) is 11.3 Å². The van der Waals surface area contributed by atoms with Crippen LogP contribution in [0.15, 0.2) is 10.5 Å². The summed E-state index contributed by atoms with van der Waals surface area (Å²) in [4.78, 5) is 11.6. The van der Waals surface area contributed by atoms with E-state index in [9.17, 15) is 4.79 Å². The molecule has 16 heavy (non-hydrogen) atoms. The summed E-state index contributed by atoms with van der Waals surface area (Å²) in [5.41, 5.74) is 0.812. The largest absolute Gasteiger partial charge is 0.463 e. The molecule has 1 aromatic heterocycles. The van der Waals surface area contributed by atoms with Gasteiger partial charge in [-0.15, -0.1) is 0 Å². The summed E-state index contributed by atoms with van der Waals surface area (Å²) < 4.78 is 10.3. The fourth-order valence-electron chi connectivity index (χ4n) is 1.46. The summed E-state index contributed by atoms with van der Waals surface area (Å²) >= 11 is 0. The maximum Gasteiger partial charge on any atom is 0.374 e. The first-order valence-corrected chi connectivity index (χ1v) is 5.50. The zero-order chi connectivity index (χ0) is 12.5. The highest BCUT2D eigenvalue weighted by Crippen LogP contribution is 2.31. The maximum absolute atomic E-state index is 11.6. The van der Waals surface area contributed by atoms with Gasteiger partial charge in [-0.1, -0.05) is 34.6 Å². The SMILES string of the molecule is COC(=O)c1oc(C(C)(C)C)cc1C(C)C. The lowest BCUT2D eigenvalue weighted by atomic mass is 9.92. The molecule has 3 nitrogen and oxygen atoms in total. The second-order valence-electron chi connectivity index (χ2n) is 5.29. The fourth-order valence-corrected chi connectivity index (χ4v) is 1.46. The molecule has 1 heterocycles. The van der Waals surface area contributed by atoms with Crippen molar-refractivity contribution in [2.75, 3.05) is 7.11 Å². The number of hydrogen-bond acceptors (Lipinski definition) is 3. The Morgan fingerprint density at radius 2 is 1.94 bits per heavy atom. The molecule has 0 aliphatic heterocycles. The highest BCUT2D eigenvalue weighted by atomic mass is 16.5. The van der Waals surface area contributed by atoms with E-state index in [0.717, 1.165) is 11.3 Å². The molecule has 1 aromatic rings. The van der Waals surface area contributed by atoms with Crippen molar-refractivity contribution in [3.63, 3.8) is 0 Å². The first-order valence-electron chi connectivity index (χ1n) is 5.50. The molecular weight excluding hydrogens is 204 g/mol. The standard InChI is InChI=1S/C13H20O3/c1-8(2)9-7-10(13(3,4)5)16-11(9)12(14)15-6/h7-8H,1-6H3. The van der Waals surface area contributed by atoms with Gasteiger partial charge in [0.1, 0.15) is 5.76 Å². The number of hydrogen-bond donors (Lipinski definition) is 0. The topological polar surface area (TPSA) is 39.4 Å². The zero-order valence-electron chi connectivity index (χ0n) is 10.9. The van der Waals surface area contributed by atoms with Crippen molar-refractivity contribution >= 4 is 5.97 Å². The summed E-state index contributed by atoms with van der Waals surface area (Å²) in [6.45, 7) is 10.2. The smallest absolute Gasteiger partial charge is 0.374 e. The second kappa shape index (κ2) is 4.32. The van der Waals surface area contributed by atoms with Crippen LogP contribution in [0.3, 0.4) is 0 Å². The first-order chi connectivity index (χ1) is 7.27. The van der Waals surface area contributed by atoms with Crippen LogP contribution in [0.1, 0.15) is 62.4 Å². The minimum Gasteiger partial charge on any atom is -0.463 e. The number of rotatable bonds is 2. The van der Waals surface area contributed by atoms with E-state index in [0.29, 0.717) is 5.76 Å². The lowest BCUT2D eigenvalue weighted by Gasteiger charge is -2.13. The summed E-state index contributed by atoms with van der Waals surface area (Å²) in [7, 11) is 1.37. The van der Waals surface area contributed by atoms with Gasteiger partial charge in [-0.25, -0.2) is 4.79 Å². The Morgan fingerprint density at radius 3 is 2.31 bits per heavy atom. The first kappa shape index (κ1) is 12.8. The normalized spacial score (nSPS) is 11.9. The number of esters is 1. The predicted octanol–water partition coefficient (Wildman–Crippen LogP) is 3.49. The molecule has 1 rings (SSSR count). The van der Waals surface area contributed by atoms with Gasteiger partial charge in [0.2, 0.25) is 5.76 Å². The van der Waals surface area contributed by atoms with Crippen LogP contribution < -0.4 is 0 Å². The van der Waals surface area contributed by atoms with Crippen LogP contribution in [-0.2, 0) is 10.2 Å². The molecule has 0 radical (unpaired) electrons. The third-order valence-corrected chi connectivity index (χ3v) is 2.49. The average Bonchev–Trinajstić information content (AvgIpc) is 2.60. The molecule has 90 valence electrons. The summed E-state index contributed by atoms with van der Waals surface area (Å²) in [6, 6.07) is 1.96. The van der Waals surface area contributed by atoms with Crippen LogP contribution in [0, 0.1) is 0 Å². The summed E-state index contributed by atoms with van der Waals surface area (Å²) in [5, 5.41) is 0. The second-order valence-corrected chi connectivity index (χ2v) is 5.29. The Balaban J connectivity index is 3.26. The third-order valence-electron chi connectivity index (χ3n) is 2.49. The Hall–Kier alpha value is -1.25. The quantitative estimate of drug-likeness (QED) is 0.722. The van der Waals surface area contributed by atoms with E-state index in [1.54, 1.807) is 0 Å². The Morgan fingerprint density at radius 1 is 1.38 bits per heavy atom. The van der Waals surface area contributed by atoms with Gasteiger partial charge in [0.15, 0.2) is 0 Å². The van der Waals surface area contributed by atoms with Gasteiger partial charge in [0.05, 0.1) is 7.11 Å². The van der Waals surface area contributed by atoms with Crippen molar-refractivity contribution in [3.05, 3.63) is 23.2 Å². The Labute approximate surface area is 96.8 Å². The van der Waals surface area contributed by atoms with Gasteiger partial charge in [0, 0.05) is 11.0 Å². The van der Waals surface area contributed by atoms with Crippen LogP contribution in [-0.4, -0.2) is 13.1 Å². The molecule has 0 saturated carbocycles. The van der Waals surface area contributed by atoms with Crippen molar-refractivity contribution < 1.29 is 13.9 Å². The minimum absolute atomic E-state index is 0.101. The van der Waals surface area contributed by atoms with E-state index >= 15 is 0 Å². The number of methoxy groups -OCH3 is 1. The number of furan rings is 1. The fraction of sp³-hybridized carbons (Fsp3) is 0.615. The number of ether oxygens (including phenoxy) is 1. The van der Waals surface area contributed by atoms with E-state index in [4.69, 9.17) is 9.15 Å². The molecule has 0 atom stereocenters. The molecule has 0 spiro atoms. The monoisotopic (exact) mass is 224 g/mol. The predicted molar refractivity (Wildman–Crippen MR) is 62.8 cm³/mol. The molecule has 0 aliphatic rings. The van der Waals surface area contributed by atoms with Gasteiger partial charge in [-0.3, -0.25) is 0 Å². The molecule has 0 saturated heterocycles. The highest BCUT2D eigenvalue weighted by molar-refractivity contribution is 5.88. The van der Waals surface area contributed by atoms with Crippen molar-refractivity contribution in [1.82, 2.24) is 0 Å². The molecule has 3 heteroatoms. The van der Waals surface area contributed by atoms with Crippen LogP contribution in [0.5, 0.6) is 0 Å². The lowest BCUT2D eigenvalue weighted by Crippen LogP contribution is -2.09. The molecule has 0 unspecified atom stereocenters. The van der Waals surface area contributed by atoms with Gasteiger partial charge >= 0.3 is 5.97 Å². The minimum atomic E-state index is -0.404. The van der Waals surface area contributed by atoms with E-state index in [2.05, 4.69) is 20.8 Å². The molecule has 0 fully saturated rings. The van der Waals surface area contributed by atoms with E-state index in [1.165, 1.54) is 7.11 Å². The maximum atomic E-state index is 11.6. The Kier molecular flexibility index (Phi) is 3.46. The lowest BCUT2D eigenvalue weighted by molar-refractivity contribution is 0.0559.